The molecule has 0 saturated heterocycles. The highest BCUT2D eigenvalue weighted by atomic mass is 14.3. The van der Waals surface area contributed by atoms with Crippen LogP contribution in [0.15, 0.2) is 54.6 Å². The molecule has 19 heavy (non-hydrogen) atoms. The molecule has 0 radical (unpaired) electrons. The maximum Gasteiger partial charge on any atom is 0.0127 e. The van der Waals surface area contributed by atoms with Gasteiger partial charge in [-0.3, -0.25) is 0 Å². The molecule has 0 heteroatoms. The summed E-state index contributed by atoms with van der Waals surface area (Å²) in [6.07, 6.45) is 3.59. The predicted molar refractivity (Wildman–Crippen MR) is 83.0 cm³/mol. The van der Waals surface area contributed by atoms with Gasteiger partial charge in [0.25, 0.3) is 0 Å². The molecule has 2 aromatic rings. The molecule has 0 heterocycles. The van der Waals surface area contributed by atoms with Crippen LogP contribution in [0.1, 0.15) is 42.9 Å². The second-order valence-electron chi connectivity index (χ2n) is 5.46. The number of hydrogen-bond donors (Lipinski definition) is 0. The van der Waals surface area contributed by atoms with Gasteiger partial charge in [0.15, 0.2) is 0 Å². The van der Waals surface area contributed by atoms with E-state index in [1.54, 1.807) is 0 Å². The Morgan fingerprint density at radius 1 is 0.947 bits per heavy atom. The molecule has 0 spiro atoms. The molecule has 0 fully saturated rings. The first kappa shape index (κ1) is 12.2. The van der Waals surface area contributed by atoms with E-state index < -0.39 is 0 Å². The van der Waals surface area contributed by atoms with E-state index in [0.717, 1.165) is 0 Å². The lowest BCUT2D eigenvalue weighted by atomic mass is 9.81. The van der Waals surface area contributed by atoms with E-state index in [1.165, 1.54) is 28.7 Å². The second-order valence-corrected chi connectivity index (χ2v) is 5.46. The van der Waals surface area contributed by atoms with Crippen LogP contribution in [0.2, 0.25) is 0 Å². The lowest BCUT2D eigenvalue weighted by Crippen LogP contribution is -2.08. The molecule has 0 amide bonds. The molecule has 0 aliphatic heterocycles. The van der Waals surface area contributed by atoms with Crippen molar-refractivity contribution in [2.75, 3.05) is 0 Å². The molecule has 0 aromatic heterocycles. The van der Waals surface area contributed by atoms with Crippen LogP contribution >= 0.6 is 0 Å². The van der Waals surface area contributed by atoms with Crippen molar-refractivity contribution in [1.82, 2.24) is 0 Å². The Hall–Kier alpha value is -1.82. The van der Waals surface area contributed by atoms with Crippen LogP contribution in [0.4, 0.5) is 0 Å². The standard InChI is InChI=1S/C19H20/c1-3-14(2)19-17-12-8-7-11-16(17)13-18(19)15-9-5-4-6-10-15/h4-14,19H,3H2,1-2H3. The molecule has 0 N–H and O–H groups in total. The SMILES string of the molecule is CCC(C)C1C(c2ccccc2)=Cc2ccccc21. The van der Waals surface area contributed by atoms with Gasteiger partial charge in [0, 0.05) is 5.92 Å². The van der Waals surface area contributed by atoms with Gasteiger partial charge >= 0.3 is 0 Å². The first-order chi connectivity index (χ1) is 9.31. The summed E-state index contributed by atoms with van der Waals surface area (Å²) >= 11 is 0. The molecular weight excluding hydrogens is 228 g/mol. The first-order valence-corrected chi connectivity index (χ1v) is 7.17. The third kappa shape index (κ3) is 2.12. The summed E-state index contributed by atoms with van der Waals surface area (Å²) in [5, 5.41) is 0. The van der Waals surface area contributed by atoms with Gasteiger partial charge in [-0.15, -0.1) is 0 Å². The van der Waals surface area contributed by atoms with Crippen molar-refractivity contribution in [2.45, 2.75) is 26.2 Å². The Bertz CT molecular complexity index is 592. The van der Waals surface area contributed by atoms with Crippen molar-refractivity contribution in [3.05, 3.63) is 71.3 Å². The second kappa shape index (κ2) is 5.05. The zero-order chi connectivity index (χ0) is 13.2. The van der Waals surface area contributed by atoms with Crippen LogP contribution in [0, 0.1) is 5.92 Å². The van der Waals surface area contributed by atoms with Crippen LogP contribution in [-0.4, -0.2) is 0 Å². The van der Waals surface area contributed by atoms with Crippen molar-refractivity contribution in [3.8, 4) is 0 Å². The maximum atomic E-state index is 2.38. The molecular formula is C19H20. The Kier molecular flexibility index (Phi) is 3.25. The lowest BCUT2D eigenvalue weighted by molar-refractivity contribution is 0.520. The monoisotopic (exact) mass is 248 g/mol. The molecule has 2 atom stereocenters. The first-order valence-electron chi connectivity index (χ1n) is 7.17. The number of hydrogen-bond acceptors (Lipinski definition) is 0. The number of fused-ring (bicyclic) bond motifs is 1. The molecule has 96 valence electrons. The third-order valence-electron chi connectivity index (χ3n) is 4.30. The Morgan fingerprint density at radius 2 is 1.63 bits per heavy atom. The summed E-state index contributed by atoms with van der Waals surface area (Å²) < 4.78 is 0. The minimum atomic E-state index is 0.545. The highest BCUT2D eigenvalue weighted by molar-refractivity contribution is 5.91. The fraction of sp³-hybridized carbons (Fsp3) is 0.263. The van der Waals surface area contributed by atoms with Gasteiger partial charge in [-0.1, -0.05) is 80.9 Å². The zero-order valence-electron chi connectivity index (χ0n) is 11.6. The molecule has 1 aliphatic rings. The van der Waals surface area contributed by atoms with Crippen LogP contribution in [0.25, 0.3) is 11.6 Å². The fourth-order valence-electron chi connectivity index (χ4n) is 3.09. The molecule has 3 rings (SSSR count). The summed E-state index contributed by atoms with van der Waals surface area (Å²) in [7, 11) is 0. The quantitative estimate of drug-likeness (QED) is 0.685. The minimum absolute atomic E-state index is 0.545. The summed E-state index contributed by atoms with van der Waals surface area (Å²) in [4.78, 5) is 0. The van der Waals surface area contributed by atoms with E-state index in [1.807, 2.05) is 0 Å². The van der Waals surface area contributed by atoms with Crippen LogP contribution in [0.3, 0.4) is 0 Å². The number of benzene rings is 2. The van der Waals surface area contributed by atoms with Crippen molar-refractivity contribution < 1.29 is 0 Å². The Labute approximate surface area is 115 Å². The van der Waals surface area contributed by atoms with Crippen LogP contribution in [-0.2, 0) is 0 Å². The number of rotatable bonds is 3. The molecule has 0 bridgehead atoms. The maximum absolute atomic E-state index is 2.38. The van der Waals surface area contributed by atoms with Crippen LogP contribution in [0.5, 0.6) is 0 Å². The van der Waals surface area contributed by atoms with Crippen LogP contribution < -0.4 is 0 Å². The average molecular weight is 248 g/mol. The van der Waals surface area contributed by atoms with Gasteiger partial charge < -0.3 is 0 Å². The summed E-state index contributed by atoms with van der Waals surface area (Å²) in [6, 6.07) is 19.6. The number of allylic oxidation sites excluding steroid dienone is 1. The summed E-state index contributed by atoms with van der Waals surface area (Å²) in [5.74, 6) is 1.22. The average Bonchev–Trinajstić information content (AvgIpc) is 2.87. The van der Waals surface area contributed by atoms with Crippen molar-refractivity contribution in [2.24, 2.45) is 5.92 Å². The third-order valence-corrected chi connectivity index (χ3v) is 4.30. The molecule has 0 nitrogen and oxygen atoms in total. The highest BCUT2D eigenvalue weighted by Crippen LogP contribution is 2.46. The Balaban J connectivity index is 2.10. The molecule has 2 aromatic carbocycles. The van der Waals surface area contributed by atoms with E-state index >= 15 is 0 Å². The fourth-order valence-corrected chi connectivity index (χ4v) is 3.09. The van der Waals surface area contributed by atoms with Gasteiger partial charge in [-0.05, 0) is 28.2 Å². The molecule has 0 saturated carbocycles. The lowest BCUT2D eigenvalue weighted by Gasteiger charge is -2.23. The van der Waals surface area contributed by atoms with E-state index in [4.69, 9.17) is 0 Å². The molecule has 2 unspecified atom stereocenters. The smallest absolute Gasteiger partial charge is 0.0127 e. The van der Waals surface area contributed by atoms with Crippen molar-refractivity contribution in [1.29, 1.82) is 0 Å². The van der Waals surface area contributed by atoms with E-state index in [2.05, 4.69) is 74.5 Å². The largest absolute Gasteiger partial charge is 0.0651 e. The summed E-state index contributed by atoms with van der Waals surface area (Å²) in [5.41, 5.74) is 5.74. The highest BCUT2D eigenvalue weighted by Gasteiger charge is 2.29. The van der Waals surface area contributed by atoms with Gasteiger partial charge in [0.05, 0.1) is 0 Å². The Morgan fingerprint density at radius 3 is 2.37 bits per heavy atom. The van der Waals surface area contributed by atoms with E-state index in [0.29, 0.717) is 11.8 Å². The minimum Gasteiger partial charge on any atom is -0.0651 e. The van der Waals surface area contributed by atoms with Crippen molar-refractivity contribution in [3.63, 3.8) is 0 Å². The predicted octanol–water partition coefficient (Wildman–Crippen LogP) is 5.37. The zero-order valence-corrected chi connectivity index (χ0v) is 11.6. The topological polar surface area (TPSA) is 0 Å². The van der Waals surface area contributed by atoms with Crippen molar-refractivity contribution >= 4 is 11.6 Å². The van der Waals surface area contributed by atoms with Gasteiger partial charge in [0.1, 0.15) is 0 Å². The molecule has 1 aliphatic carbocycles. The van der Waals surface area contributed by atoms with Gasteiger partial charge in [-0.2, -0.15) is 0 Å². The summed E-state index contributed by atoms with van der Waals surface area (Å²) in [6.45, 7) is 4.65. The van der Waals surface area contributed by atoms with E-state index in [-0.39, 0.29) is 0 Å². The normalized spacial score (nSPS) is 18.8. The van der Waals surface area contributed by atoms with E-state index in [9.17, 15) is 0 Å². The van der Waals surface area contributed by atoms with Gasteiger partial charge in [0.2, 0.25) is 0 Å². The van der Waals surface area contributed by atoms with Gasteiger partial charge in [-0.25, -0.2) is 0 Å².